The Morgan fingerprint density at radius 3 is 2.59 bits per heavy atom. The van der Waals surface area contributed by atoms with E-state index < -0.39 is 5.97 Å². The Morgan fingerprint density at radius 1 is 1.19 bits per heavy atom. The Hall–Kier alpha value is -3.35. The van der Waals surface area contributed by atoms with Crippen molar-refractivity contribution in [2.75, 3.05) is 19.5 Å². The highest BCUT2D eigenvalue weighted by Crippen LogP contribution is 2.31. The molecule has 1 aromatic carbocycles. The number of nitrogens with one attached hydrogen (secondary N) is 1. The third kappa shape index (κ3) is 3.76. The summed E-state index contributed by atoms with van der Waals surface area (Å²) in [6.45, 7) is 1.77. The van der Waals surface area contributed by atoms with E-state index in [9.17, 15) is 4.79 Å². The van der Waals surface area contributed by atoms with Gasteiger partial charge in [0.25, 0.3) is 0 Å². The quantitative estimate of drug-likeness (QED) is 0.676. The van der Waals surface area contributed by atoms with Crippen molar-refractivity contribution in [1.82, 2.24) is 14.5 Å². The lowest BCUT2D eigenvalue weighted by atomic mass is 10.0. The molecule has 0 aliphatic heterocycles. The number of rotatable bonds is 6. The highest BCUT2D eigenvalue weighted by molar-refractivity contribution is 5.90. The third-order valence-electron chi connectivity index (χ3n) is 4.35. The molecule has 2 aromatic heterocycles. The molecule has 3 rings (SSSR count). The fraction of sp³-hybridized carbons (Fsp3) is 0.250. The first kappa shape index (κ1) is 18.4. The van der Waals surface area contributed by atoms with E-state index in [0.29, 0.717) is 17.1 Å². The molecular formula is C20H22N4O3. The first-order chi connectivity index (χ1) is 13.0. The van der Waals surface area contributed by atoms with Crippen LogP contribution in [0.3, 0.4) is 0 Å². The van der Waals surface area contributed by atoms with Gasteiger partial charge >= 0.3 is 5.97 Å². The molecule has 0 spiro atoms. The molecule has 1 unspecified atom stereocenters. The van der Waals surface area contributed by atoms with Gasteiger partial charge in [0.2, 0.25) is 0 Å². The summed E-state index contributed by atoms with van der Waals surface area (Å²) in [5.74, 6) is 1.79. The molecule has 3 aromatic rings. The molecule has 27 heavy (non-hydrogen) atoms. The smallest absolute Gasteiger partial charge is 0.339 e. The molecule has 0 amide bonds. The van der Waals surface area contributed by atoms with Crippen molar-refractivity contribution < 1.29 is 14.3 Å². The number of hydrogen-bond donors (Lipinski definition) is 1. The largest absolute Gasteiger partial charge is 0.496 e. The number of ether oxygens (including phenoxy) is 2. The van der Waals surface area contributed by atoms with Gasteiger partial charge in [-0.3, -0.25) is 0 Å². The lowest BCUT2D eigenvalue weighted by Crippen LogP contribution is -2.18. The Labute approximate surface area is 158 Å². The van der Waals surface area contributed by atoms with Crippen LogP contribution in [-0.2, 0) is 11.8 Å². The number of hydrogen-bond acceptors (Lipinski definition) is 6. The molecule has 0 bridgehead atoms. The number of para-hydroxylation sites is 1. The predicted molar refractivity (Wildman–Crippen MR) is 102 cm³/mol. The van der Waals surface area contributed by atoms with E-state index in [1.54, 1.807) is 32.4 Å². The second-order valence-corrected chi connectivity index (χ2v) is 6.04. The van der Waals surface area contributed by atoms with E-state index in [4.69, 9.17) is 9.47 Å². The Kier molecular flexibility index (Phi) is 5.40. The van der Waals surface area contributed by atoms with Crippen LogP contribution in [0.25, 0.3) is 0 Å². The Balaban J connectivity index is 2.01. The zero-order valence-corrected chi connectivity index (χ0v) is 15.8. The first-order valence-electron chi connectivity index (χ1n) is 8.47. The number of benzene rings is 1. The Bertz CT molecular complexity index is 952. The number of anilines is 1. The van der Waals surface area contributed by atoms with Gasteiger partial charge in [-0.15, -0.1) is 0 Å². The van der Waals surface area contributed by atoms with Gasteiger partial charge in [-0.1, -0.05) is 18.2 Å². The van der Waals surface area contributed by atoms with Gasteiger partial charge in [0.15, 0.2) is 0 Å². The van der Waals surface area contributed by atoms with Crippen molar-refractivity contribution in [3.63, 3.8) is 0 Å². The highest BCUT2D eigenvalue weighted by atomic mass is 16.5. The first-order valence-corrected chi connectivity index (χ1v) is 8.47. The summed E-state index contributed by atoms with van der Waals surface area (Å²) in [7, 11) is 4.93. The molecule has 2 heterocycles. The molecule has 0 saturated heterocycles. The molecule has 1 N–H and O–H groups in total. The number of esters is 1. The average Bonchev–Trinajstić information content (AvgIpc) is 3.11. The van der Waals surface area contributed by atoms with Crippen LogP contribution in [0, 0.1) is 6.92 Å². The minimum Gasteiger partial charge on any atom is -0.496 e. The summed E-state index contributed by atoms with van der Waals surface area (Å²) in [5, 5.41) is 3.41. The summed E-state index contributed by atoms with van der Waals surface area (Å²) in [5.41, 5.74) is 1.96. The molecule has 1 atom stereocenters. The minimum atomic E-state index is -0.406. The van der Waals surface area contributed by atoms with Gasteiger partial charge in [0, 0.05) is 25.0 Å². The summed E-state index contributed by atoms with van der Waals surface area (Å²) in [6, 6.07) is 10.9. The van der Waals surface area contributed by atoms with Crippen LogP contribution in [0.5, 0.6) is 5.75 Å². The molecule has 0 radical (unpaired) electrons. The summed E-state index contributed by atoms with van der Waals surface area (Å²) in [4.78, 5) is 20.8. The van der Waals surface area contributed by atoms with Crippen molar-refractivity contribution in [1.29, 1.82) is 0 Å². The number of carbonyl (C=O) groups excluding carboxylic acids is 1. The summed E-state index contributed by atoms with van der Waals surface area (Å²) < 4.78 is 12.3. The molecular weight excluding hydrogens is 344 g/mol. The average molecular weight is 366 g/mol. The topological polar surface area (TPSA) is 78.3 Å². The van der Waals surface area contributed by atoms with Crippen LogP contribution in [0.2, 0.25) is 0 Å². The molecule has 7 nitrogen and oxygen atoms in total. The zero-order valence-electron chi connectivity index (χ0n) is 15.8. The van der Waals surface area contributed by atoms with Crippen LogP contribution < -0.4 is 10.1 Å². The van der Waals surface area contributed by atoms with E-state index in [1.807, 2.05) is 42.1 Å². The van der Waals surface area contributed by atoms with Crippen molar-refractivity contribution in [3.8, 4) is 5.75 Å². The minimum absolute atomic E-state index is 0.281. The van der Waals surface area contributed by atoms with Crippen LogP contribution >= 0.6 is 0 Å². The molecule has 140 valence electrons. The van der Waals surface area contributed by atoms with Crippen LogP contribution in [0.15, 0.2) is 48.8 Å². The number of aryl methyl sites for hydroxylation is 2. The number of methoxy groups -OCH3 is 2. The molecule has 0 fully saturated rings. The Morgan fingerprint density at radius 2 is 1.96 bits per heavy atom. The normalized spacial score (nSPS) is 11.7. The SMILES string of the molecule is COC(=O)c1ccc(NC(c2ccccc2OC)c2nccn2C)nc1C. The maximum Gasteiger partial charge on any atom is 0.339 e. The number of aromatic nitrogens is 3. The van der Waals surface area contributed by atoms with Gasteiger partial charge in [-0.2, -0.15) is 0 Å². The fourth-order valence-corrected chi connectivity index (χ4v) is 2.96. The second-order valence-electron chi connectivity index (χ2n) is 6.04. The van der Waals surface area contributed by atoms with Gasteiger partial charge < -0.3 is 19.4 Å². The predicted octanol–water partition coefficient (Wildman–Crippen LogP) is 3.12. The second kappa shape index (κ2) is 7.90. The highest BCUT2D eigenvalue weighted by Gasteiger charge is 2.22. The maximum absolute atomic E-state index is 11.8. The van der Waals surface area contributed by atoms with E-state index in [1.165, 1.54) is 7.11 Å². The molecule has 7 heteroatoms. The van der Waals surface area contributed by atoms with Crippen molar-refractivity contribution in [3.05, 3.63) is 71.4 Å². The van der Waals surface area contributed by atoms with E-state index in [2.05, 4.69) is 15.3 Å². The van der Waals surface area contributed by atoms with Crippen molar-refractivity contribution in [2.24, 2.45) is 7.05 Å². The third-order valence-corrected chi connectivity index (χ3v) is 4.35. The van der Waals surface area contributed by atoms with Crippen LogP contribution in [0.4, 0.5) is 5.82 Å². The van der Waals surface area contributed by atoms with E-state index in [-0.39, 0.29) is 6.04 Å². The van der Waals surface area contributed by atoms with Crippen LogP contribution in [-0.4, -0.2) is 34.7 Å². The summed E-state index contributed by atoms with van der Waals surface area (Å²) in [6.07, 6.45) is 3.64. The van der Waals surface area contributed by atoms with E-state index >= 15 is 0 Å². The lowest BCUT2D eigenvalue weighted by molar-refractivity contribution is 0.0599. The van der Waals surface area contributed by atoms with E-state index in [0.717, 1.165) is 17.1 Å². The van der Waals surface area contributed by atoms with Gasteiger partial charge in [-0.25, -0.2) is 14.8 Å². The number of nitrogens with zero attached hydrogens (tertiary/aromatic N) is 3. The summed E-state index contributed by atoms with van der Waals surface area (Å²) >= 11 is 0. The van der Waals surface area contributed by atoms with Crippen molar-refractivity contribution >= 4 is 11.8 Å². The molecule has 0 saturated carbocycles. The zero-order chi connectivity index (χ0) is 19.4. The standard InChI is InChI=1S/C20H22N4O3/c1-13-14(20(25)27-4)9-10-17(22-13)23-18(19-21-11-12-24(19)2)15-7-5-6-8-16(15)26-3/h5-12,18H,1-4H3,(H,22,23). The number of imidazole rings is 1. The van der Waals surface area contributed by atoms with Gasteiger partial charge in [0.05, 0.1) is 25.5 Å². The monoisotopic (exact) mass is 366 g/mol. The van der Waals surface area contributed by atoms with Gasteiger partial charge in [-0.05, 0) is 25.1 Å². The molecule has 0 aliphatic rings. The van der Waals surface area contributed by atoms with Crippen molar-refractivity contribution in [2.45, 2.75) is 13.0 Å². The van der Waals surface area contributed by atoms with Crippen LogP contribution in [0.1, 0.15) is 33.5 Å². The lowest BCUT2D eigenvalue weighted by Gasteiger charge is -2.22. The van der Waals surface area contributed by atoms with Gasteiger partial charge in [0.1, 0.15) is 23.4 Å². The fourth-order valence-electron chi connectivity index (χ4n) is 2.96. The number of carbonyl (C=O) groups is 1. The molecule has 0 aliphatic carbocycles. The number of pyridine rings is 1. The maximum atomic E-state index is 11.8.